The van der Waals surface area contributed by atoms with E-state index in [1.165, 1.54) is 51.6 Å². The molecule has 7 atom stereocenters. The molecule has 3 heteroatoms. The van der Waals surface area contributed by atoms with Gasteiger partial charge in [-0.15, -0.1) is 0 Å². The molecule has 0 aromatic rings. The molecule has 0 amide bonds. The second kappa shape index (κ2) is 4.91. The van der Waals surface area contributed by atoms with Crippen LogP contribution in [-0.4, -0.2) is 36.6 Å². The zero-order valence-corrected chi connectivity index (χ0v) is 15.5. The van der Waals surface area contributed by atoms with Crippen molar-refractivity contribution < 1.29 is 9.53 Å². The molecule has 3 aliphatic heterocycles. The molecule has 0 aromatic heterocycles. The summed E-state index contributed by atoms with van der Waals surface area (Å²) in [5.41, 5.74) is 2.28. The second-order valence-electron chi connectivity index (χ2n) is 10.1. The van der Waals surface area contributed by atoms with Crippen molar-refractivity contribution >= 4 is 5.97 Å². The number of cyclic esters (lactones) is 1. The van der Waals surface area contributed by atoms with Gasteiger partial charge in [-0.05, 0) is 68.6 Å². The van der Waals surface area contributed by atoms with Gasteiger partial charge >= 0.3 is 5.97 Å². The van der Waals surface area contributed by atoms with Crippen LogP contribution in [0.5, 0.6) is 0 Å². The Morgan fingerprint density at radius 1 is 1.16 bits per heavy atom. The van der Waals surface area contributed by atoms with Gasteiger partial charge < -0.3 is 4.74 Å². The molecule has 3 heterocycles. The number of allylic oxidation sites excluding steroid dienone is 1. The number of carbonyl (C=O) groups excluding carboxylic acids is 1. The number of carbonyl (C=O) groups is 1. The summed E-state index contributed by atoms with van der Waals surface area (Å²) in [5.74, 6) is 3.25. The predicted molar refractivity (Wildman–Crippen MR) is 95.8 cm³/mol. The third kappa shape index (κ3) is 1.66. The molecule has 0 spiro atoms. The maximum absolute atomic E-state index is 12.4. The molecule has 136 valence electrons. The van der Waals surface area contributed by atoms with Crippen molar-refractivity contribution in [3.8, 4) is 0 Å². The van der Waals surface area contributed by atoms with Crippen molar-refractivity contribution in [2.24, 2.45) is 34.5 Å². The van der Waals surface area contributed by atoms with Crippen LogP contribution < -0.4 is 0 Å². The van der Waals surface area contributed by atoms with E-state index in [-0.39, 0.29) is 16.8 Å². The van der Waals surface area contributed by atoms with Crippen molar-refractivity contribution in [3.05, 3.63) is 11.6 Å². The topological polar surface area (TPSA) is 29.5 Å². The minimum absolute atomic E-state index is 0.0682. The van der Waals surface area contributed by atoms with E-state index in [4.69, 9.17) is 4.74 Å². The maximum Gasteiger partial charge on any atom is 0.305 e. The van der Waals surface area contributed by atoms with Crippen LogP contribution >= 0.6 is 0 Å². The smallest absolute Gasteiger partial charge is 0.305 e. The van der Waals surface area contributed by atoms with E-state index >= 15 is 0 Å². The van der Waals surface area contributed by atoms with Crippen molar-refractivity contribution in [1.82, 2.24) is 4.90 Å². The quantitative estimate of drug-likeness (QED) is 0.496. The molecule has 6 rings (SSSR count). The van der Waals surface area contributed by atoms with Gasteiger partial charge in [0.25, 0.3) is 0 Å². The Morgan fingerprint density at radius 2 is 2.08 bits per heavy atom. The Kier molecular flexibility index (Phi) is 2.99. The van der Waals surface area contributed by atoms with Crippen LogP contribution in [0, 0.1) is 34.5 Å². The van der Waals surface area contributed by atoms with Gasteiger partial charge in [-0.1, -0.05) is 18.6 Å². The van der Waals surface area contributed by atoms with Crippen LogP contribution in [0.2, 0.25) is 0 Å². The highest BCUT2D eigenvalue weighted by molar-refractivity contribution is 5.70. The molecule has 0 aromatic carbocycles. The molecular weight excluding hydrogens is 310 g/mol. The lowest BCUT2D eigenvalue weighted by Crippen LogP contribution is -2.68. The first-order chi connectivity index (χ1) is 12.2. The molecule has 3 saturated heterocycles. The Bertz CT molecular complexity index is 656. The Morgan fingerprint density at radius 3 is 3.00 bits per heavy atom. The SMILES string of the molecule is C[C@@H]1CN2C[C@H]3CC[C@H]4CCC=C4[C@]45CCC(=O)OC[C@]34CC[C@H]1[C@H]25. The largest absolute Gasteiger partial charge is 0.465 e. The normalized spacial score (nSPS) is 54.0. The summed E-state index contributed by atoms with van der Waals surface area (Å²) in [6.07, 6.45) is 12.4. The van der Waals surface area contributed by atoms with E-state index in [0.717, 1.165) is 30.1 Å². The molecule has 25 heavy (non-hydrogen) atoms. The van der Waals surface area contributed by atoms with Crippen LogP contribution in [-0.2, 0) is 9.53 Å². The van der Waals surface area contributed by atoms with Crippen LogP contribution in [0.1, 0.15) is 58.3 Å². The average molecular weight is 341 g/mol. The maximum atomic E-state index is 12.4. The molecular formula is C22H31NO2. The number of rotatable bonds is 0. The lowest BCUT2D eigenvalue weighted by Gasteiger charge is -2.66. The van der Waals surface area contributed by atoms with Crippen LogP contribution in [0.15, 0.2) is 11.6 Å². The lowest BCUT2D eigenvalue weighted by molar-refractivity contribution is -0.174. The van der Waals surface area contributed by atoms with Crippen molar-refractivity contribution in [2.75, 3.05) is 19.7 Å². The predicted octanol–water partition coefficient (Wildman–Crippen LogP) is 3.79. The fraction of sp³-hybridized carbons (Fsp3) is 0.864. The summed E-state index contributed by atoms with van der Waals surface area (Å²) in [5, 5.41) is 0. The Hall–Kier alpha value is -0.830. The number of ether oxygens (including phenoxy) is 1. The fourth-order valence-corrected chi connectivity index (χ4v) is 8.75. The molecule has 5 fully saturated rings. The summed E-state index contributed by atoms with van der Waals surface area (Å²) < 4.78 is 5.92. The third-order valence-corrected chi connectivity index (χ3v) is 9.52. The first-order valence-corrected chi connectivity index (χ1v) is 10.8. The van der Waals surface area contributed by atoms with Crippen molar-refractivity contribution in [2.45, 2.75) is 64.3 Å². The van der Waals surface area contributed by atoms with Crippen LogP contribution in [0.4, 0.5) is 0 Å². The monoisotopic (exact) mass is 341 g/mol. The summed E-state index contributed by atoms with van der Waals surface area (Å²) >= 11 is 0. The zero-order valence-electron chi connectivity index (χ0n) is 15.5. The van der Waals surface area contributed by atoms with Crippen LogP contribution in [0.25, 0.3) is 0 Å². The van der Waals surface area contributed by atoms with E-state index in [2.05, 4.69) is 17.9 Å². The summed E-state index contributed by atoms with van der Waals surface area (Å²) in [7, 11) is 0. The van der Waals surface area contributed by atoms with Gasteiger partial charge in [-0.2, -0.15) is 0 Å². The minimum Gasteiger partial charge on any atom is -0.465 e. The van der Waals surface area contributed by atoms with Crippen LogP contribution in [0.3, 0.4) is 0 Å². The molecule has 0 unspecified atom stereocenters. The van der Waals surface area contributed by atoms with Gasteiger partial charge in [0.15, 0.2) is 0 Å². The molecule has 2 saturated carbocycles. The van der Waals surface area contributed by atoms with Gasteiger partial charge in [0.1, 0.15) is 0 Å². The number of nitrogens with zero attached hydrogens (tertiary/aromatic N) is 1. The Labute approximate surface area is 151 Å². The standard InChI is InChI=1S/C22H31NO2/c1-14-11-23-12-16-6-5-15-3-2-4-18(15)22-10-8-19(24)25-13-21(16,22)9-7-17(14)20(22)23/h4,14-17,20H,2-3,5-13H2,1H3/t14-,15-,16-,17-,20+,21-,22+/m1/s1. The summed E-state index contributed by atoms with van der Waals surface area (Å²) in [4.78, 5) is 15.2. The van der Waals surface area contributed by atoms with E-state index < -0.39 is 0 Å². The van der Waals surface area contributed by atoms with E-state index in [1.807, 2.05) is 0 Å². The molecule has 3 aliphatic carbocycles. The van der Waals surface area contributed by atoms with Gasteiger partial charge in [-0.3, -0.25) is 9.69 Å². The number of hydrogen-bond donors (Lipinski definition) is 0. The molecule has 3 nitrogen and oxygen atoms in total. The first kappa shape index (κ1) is 15.2. The molecule has 0 N–H and O–H groups in total. The average Bonchev–Trinajstić information content (AvgIpc) is 3.14. The van der Waals surface area contributed by atoms with E-state index in [1.54, 1.807) is 5.57 Å². The number of esters is 1. The highest BCUT2D eigenvalue weighted by Gasteiger charge is 2.72. The summed E-state index contributed by atoms with van der Waals surface area (Å²) in [6.45, 7) is 5.76. The Balaban J connectivity index is 1.62. The highest BCUT2D eigenvalue weighted by Crippen LogP contribution is 2.73. The van der Waals surface area contributed by atoms with Gasteiger partial charge in [0.05, 0.1) is 6.61 Å². The summed E-state index contributed by atoms with van der Waals surface area (Å²) in [6, 6.07) is 0.687. The van der Waals surface area contributed by atoms with Gasteiger partial charge in [0, 0.05) is 36.4 Å². The first-order valence-electron chi connectivity index (χ1n) is 10.8. The fourth-order valence-electron chi connectivity index (χ4n) is 8.75. The number of fused-ring (bicyclic) bond motifs is 1. The highest BCUT2D eigenvalue weighted by atomic mass is 16.5. The molecule has 0 radical (unpaired) electrons. The number of hydrogen-bond acceptors (Lipinski definition) is 3. The van der Waals surface area contributed by atoms with E-state index in [9.17, 15) is 4.79 Å². The minimum atomic E-state index is 0.0682. The van der Waals surface area contributed by atoms with Gasteiger partial charge in [0.2, 0.25) is 0 Å². The van der Waals surface area contributed by atoms with Crippen molar-refractivity contribution in [1.29, 1.82) is 0 Å². The third-order valence-electron chi connectivity index (χ3n) is 9.52. The number of piperidine rings is 1. The lowest BCUT2D eigenvalue weighted by atomic mass is 9.42. The molecule has 4 bridgehead atoms. The zero-order chi connectivity index (χ0) is 16.8. The van der Waals surface area contributed by atoms with Crippen molar-refractivity contribution in [3.63, 3.8) is 0 Å². The van der Waals surface area contributed by atoms with E-state index in [0.29, 0.717) is 19.1 Å². The van der Waals surface area contributed by atoms with Gasteiger partial charge in [-0.25, -0.2) is 0 Å². The molecule has 6 aliphatic rings. The second-order valence-corrected chi connectivity index (χ2v) is 10.1.